The van der Waals surface area contributed by atoms with Crippen LogP contribution in [-0.4, -0.2) is 41.2 Å². The van der Waals surface area contributed by atoms with Crippen molar-refractivity contribution in [3.05, 3.63) is 54.1 Å². The molecule has 138 valence electrons. The molecule has 0 unspecified atom stereocenters. The van der Waals surface area contributed by atoms with Crippen molar-refractivity contribution < 1.29 is 32.2 Å². The van der Waals surface area contributed by atoms with Crippen LogP contribution in [0.25, 0.3) is 0 Å². The van der Waals surface area contributed by atoms with E-state index in [9.17, 15) is 18.0 Å². The van der Waals surface area contributed by atoms with Gasteiger partial charge in [-0.15, -0.1) is 0 Å². The fourth-order valence-electron chi connectivity index (χ4n) is 1.97. The number of para-hydroxylation sites is 1. The molecule has 0 heterocycles. The van der Waals surface area contributed by atoms with Gasteiger partial charge in [-0.05, 0) is 36.4 Å². The summed E-state index contributed by atoms with van der Waals surface area (Å²) in [5, 5.41) is 0. The van der Waals surface area contributed by atoms with E-state index in [1.807, 2.05) is 0 Å². The molecular formula is C17H17NO7S. The Hall–Kier alpha value is -3.07. The lowest BCUT2D eigenvalue weighted by atomic mass is 10.2. The Bertz CT molecular complexity index is 892. The quantitative estimate of drug-likeness (QED) is 0.731. The Labute approximate surface area is 150 Å². The van der Waals surface area contributed by atoms with Crippen LogP contribution < -0.4 is 9.46 Å². The molecule has 0 spiro atoms. The van der Waals surface area contributed by atoms with E-state index in [0.29, 0.717) is 5.75 Å². The van der Waals surface area contributed by atoms with Gasteiger partial charge in [0.2, 0.25) is 0 Å². The SMILES string of the molecule is COC(=O)COC(=O)c1ccccc1NS(=O)(=O)c1ccc(OC)cc1. The number of anilines is 1. The second kappa shape index (κ2) is 8.34. The second-order valence-corrected chi connectivity index (χ2v) is 6.66. The molecule has 0 saturated carbocycles. The van der Waals surface area contributed by atoms with E-state index in [-0.39, 0.29) is 16.1 Å². The minimum Gasteiger partial charge on any atom is -0.497 e. The van der Waals surface area contributed by atoms with Crippen LogP contribution >= 0.6 is 0 Å². The Kier molecular flexibility index (Phi) is 6.18. The van der Waals surface area contributed by atoms with Gasteiger partial charge in [-0.25, -0.2) is 18.0 Å². The molecular weight excluding hydrogens is 362 g/mol. The number of hydrogen-bond donors (Lipinski definition) is 1. The number of ether oxygens (including phenoxy) is 3. The first-order chi connectivity index (χ1) is 12.4. The van der Waals surface area contributed by atoms with E-state index in [2.05, 4.69) is 9.46 Å². The molecule has 2 rings (SSSR count). The summed E-state index contributed by atoms with van der Waals surface area (Å²) in [7, 11) is -1.31. The molecule has 9 heteroatoms. The molecule has 0 saturated heterocycles. The van der Waals surface area contributed by atoms with Crippen molar-refractivity contribution >= 4 is 27.6 Å². The van der Waals surface area contributed by atoms with Crippen LogP contribution in [0, 0.1) is 0 Å². The number of nitrogens with one attached hydrogen (secondary N) is 1. The maximum atomic E-state index is 12.5. The Morgan fingerprint density at radius 2 is 1.65 bits per heavy atom. The summed E-state index contributed by atoms with van der Waals surface area (Å²) in [6.07, 6.45) is 0. The molecule has 0 atom stereocenters. The molecule has 0 fully saturated rings. The number of carbonyl (C=O) groups is 2. The summed E-state index contributed by atoms with van der Waals surface area (Å²) < 4.78 is 41.5. The fraction of sp³-hybridized carbons (Fsp3) is 0.176. The maximum Gasteiger partial charge on any atom is 0.344 e. The average Bonchev–Trinajstić information content (AvgIpc) is 2.66. The van der Waals surface area contributed by atoms with Gasteiger partial charge in [-0.3, -0.25) is 4.72 Å². The molecule has 0 aliphatic carbocycles. The number of benzene rings is 2. The first-order valence-corrected chi connectivity index (χ1v) is 8.85. The van der Waals surface area contributed by atoms with Crippen LogP contribution in [0.1, 0.15) is 10.4 Å². The predicted molar refractivity (Wildman–Crippen MR) is 92.5 cm³/mol. The zero-order chi connectivity index (χ0) is 19.2. The normalized spacial score (nSPS) is 10.7. The largest absolute Gasteiger partial charge is 0.497 e. The third kappa shape index (κ3) is 4.73. The molecule has 2 aromatic rings. The zero-order valence-electron chi connectivity index (χ0n) is 14.1. The van der Waals surface area contributed by atoms with Gasteiger partial charge in [0.05, 0.1) is 30.4 Å². The lowest BCUT2D eigenvalue weighted by Gasteiger charge is -2.12. The lowest BCUT2D eigenvalue weighted by molar-refractivity contribution is -0.144. The maximum absolute atomic E-state index is 12.5. The second-order valence-electron chi connectivity index (χ2n) is 4.98. The van der Waals surface area contributed by atoms with Crippen LogP contribution in [-0.2, 0) is 24.3 Å². The van der Waals surface area contributed by atoms with E-state index in [4.69, 9.17) is 9.47 Å². The van der Waals surface area contributed by atoms with Crippen LogP contribution in [0.3, 0.4) is 0 Å². The first-order valence-electron chi connectivity index (χ1n) is 7.37. The molecule has 0 amide bonds. The molecule has 0 aromatic heterocycles. The molecule has 8 nitrogen and oxygen atoms in total. The highest BCUT2D eigenvalue weighted by atomic mass is 32.2. The van der Waals surface area contributed by atoms with E-state index in [1.165, 1.54) is 43.5 Å². The molecule has 1 N–H and O–H groups in total. The standard InChI is InChI=1S/C17H17NO7S/c1-23-12-7-9-13(10-8-12)26(21,22)18-15-6-4-3-5-14(15)17(20)25-11-16(19)24-2/h3-10,18H,11H2,1-2H3. The van der Waals surface area contributed by atoms with Crippen LogP contribution in [0.15, 0.2) is 53.4 Å². The van der Waals surface area contributed by atoms with Gasteiger partial charge in [0.1, 0.15) is 5.75 Å². The fourth-order valence-corrected chi connectivity index (χ4v) is 3.05. The molecule has 0 aliphatic heterocycles. The minimum atomic E-state index is -3.94. The van der Waals surface area contributed by atoms with Crippen molar-refractivity contribution in [2.45, 2.75) is 4.90 Å². The third-order valence-corrected chi connectivity index (χ3v) is 4.69. The summed E-state index contributed by atoms with van der Waals surface area (Å²) >= 11 is 0. The van der Waals surface area contributed by atoms with Gasteiger partial charge in [0, 0.05) is 0 Å². The summed E-state index contributed by atoms with van der Waals surface area (Å²) in [5.41, 5.74) is -0.00771. The van der Waals surface area contributed by atoms with E-state index < -0.39 is 28.6 Å². The predicted octanol–water partition coefficient (Wildman–Crippen LogP) is 1.83. The van der Waals surface area contributed by atoms with E-state index in [0.717, 1.165) is 7.11 Å². The molecule has 0 aliphatic rings. The van der Waals surface area contributed by atoms with Crippen molar-refractivity contribution in [2.24, 2.45) is 0 Å². The zero-order valence-corrected chi connectivity index (χ0v) is 14.9. The van der Waals surface area contributed by atoms with Crippen LogP contribution in [0.2, 0.25) is 0 Å². The first kappa shape index (κ1) is 19.3. The number of methoxy groups -OCH3 is 2. The lowest BCUT2D eigenvalue weighted by Crippen LogP contribution is -2.18. The van der Waals surface area contributed by atoms with Gasteiger partial charge in [-0.2, -0.15) is 0 Å². The van der Waals surface area contributed by atoms with Crippen molar-refractivity contribution in [1.29, 1.82) is 0 Å². The average molecular weight is 379 g/mol. The van der Waals surface area contributed by atoms with Gasteiger partial charge < -0.3 is 14.2 Å². The van der Waals surface area contributed by atoms with Gasteiger partial charge in [-0.1, -0.05) is 12.1 Å². The van der Waals surface area contributed by atoms with Crippen LogP contribution in [0.5, 0.6) is 5.75 Å². The van der Waals surface area contributed by atoms with Crippen molar-refractivity contribution in [3.8, 4) is 5.75 Å². The smallest absolute Gasteiger partial charge is 0.344 e. The third-order valence-electron chi connectivity index (χ3n) is 3.31. The number of rotatable bonds is 7. The Morgan fingerprint density at radius 1 is 1.00 bits per heavy atom. The molecule has 26 heavy (non-hydrogen) atoms. The van der Waals surface area contributed by atoms with Crippen molar-refractivity contribution in [2.75, 3.05) is 25.5 Å². The number of esters is 2. The van der Waals surface area contributed by atoms with Crippen molar-refractivity contribution in [3.63, 3.8) is 0 Å². The summed E-state index contributed by atoms with van der Waals surface area (Å²) in [6.45, 7) is -0.575. The Balaban J connectivity index is 2.23. The Morgan fingerprint density at radius 3 is 2.27 bits per heavy atom. The van der Waals surface area contributed by atoms with E-state index in [1.54, 1.807) is 12.1 Å². The minimum absolute atomic E-state index is 0.00367. The highest BCUT2D eigenvalue weighted by Gasteiger charge is 2.20. The van der Waals surface area contributed by atoms with Gasteiger partial charge in [0.15, 0.2) is 6.61 Å². The number of carbonyl (C=O) groups excluding carboxylic acids is 2. The topological polar surface area (TPSA) is 108 Å². The van der Waals surface area contributed by atoms with E-state index >= 15 is 0 Å². The number of sulfonamides is 1. The molecule has 0 radical (unpaired) electrons. The van der Waals surface area contributed by atoms with Gasteiger partial charge in [0.25, 0.3) is 10.0 Å². The molecule has 2 aromatic carbocycles. The highest BCUT2D eigenvalue weighted by Crippen LogP contribution is 2.22. The monoisotopic (exact) mass is 379 g/mol. The summed E-state index contributed by atoms with van der Waals surface area (Å²) in [5.74, 6) is -1.08. The molecule has 0 bridgehead atoms. The summed E-state index contributed by atoms with van der Waals surface area (Å²) in [6, 6.07) is 11.7. The van der Waals surface area contributed by atoms with Gasteiger partial charge >= 0.3 is 11.9 Å². The van der Waals surface area contributed by atoms with Crippen LogP contribution in [0.4, 0.5) is 5.69 Å². The highest BCUT2D eigenvalue weighted by molar-refractivity contribution is 7.92. The number of hydrogen-bond acceptors (Lipinski definition) is 7. The summed E-state index contributed by atoms with van der Waals surface area (Å²) in [4.78, 5) is 23.2. The van der Waals surface area contributed by atoms with Crippen molar-refractivity contribution in [1.82, 2.24) is 0 Å².